The first-order chi connectivity index (χ1) is 8.97. The Bertz CT molecular complexity index is 647. The number of carbonyl (C=O) groups is 1. The van der Waals surface area contributed by atoms with Crippen LogP contribution < -0.4 is 5.32 Å². The van der Waals surface area contributed by atoms with Crippen molar-refractivity contribution in [1.29, 1.82) is 0 Å². The molecule has 0 fully saturated rings. The van der Waals surface area contributed by atoms with Gasteiger partial charge in [0.05, 0.1) is 10.6 Å². The molecule has 2 N–H and O–H groups in total. The van der Waals surface area contributed by atoms with Gasteiger partial charge >= 0.3 is 0 Å². The molecule has 2 aromatic carbocycles. The summed E-state index contributed by atoms with van der Waals surface area (Å²) in [6, 6.07) is 6.66. The van der Waals surface area contributed by atoms with E-state index in [0.717, 1.165) is 12.1 Å². The Morgan fingerprint density at radius 3 is 2.53 bits per heavy atom. The molecule has 0 aromatic heterocycles. The maximum absolute atomic E-state index is 13.4. The van der Waals surface area contributed by atoms with Crippen LogP contribution in [-0.4, -0.2) is 11.0 Å². The molecular weight excluding hydrogens is 276 g/mol. The summed E-state index contributed by atoms with van der Waals surface area (Å²) in [5, 5.41) is 11.7. The molecule has 19 heavy (non-hydrogen) atoms. The third kappa shape index (κ3) is 3.00. The molecule has 98 valence electrons. The Balaban J connectivity index is 2.23. The van der Waals surface area contributed by atoms with Crippen LogP contribution >= 0.6 is 11.6 Å². The summed E-state index contributed by atoms with van der Waals surface area (Å²) in [7, 11) is 0. The summed E-state index contributed by atoms with van der Waals surface area (Å²) in [6.45, 7) is 0. The van der Waals surface area contributed by atoms with Crippen LogP contribution in [0.1, 0.15) is 10.4 Å². The molecule has 2 rings (SSSR count). The summed E-state index contributed by atoms with van der Waals surface area (Å²) in [6.07, 6.45) is 0. The van der Waals surface area contributed by atoms with Crippen molar-refractivity contribution in [3.63, 3.8) is 0 Å². The van der Waals surface area contributed by atoms with Gasteiger partial charge in [-0.05, 0) is 30.3 Å². The Morgan fingerprint density at radius 2 is 1.89 bits per heavy atom. The van der Waals surface area contributed by atoms with Crippen LogP contribution in [0.2, 0.25) is 5.02 Å². The van der Waals surface area contributed by atoms with Gasteiger partial charge < -0.3 is 10.4 Å². The van der Waals surface area contributed by atoms with Gasteiger partial charge in [-0.2, -0.15) is 0 Å². The van der Waals surface area contributed by atoms with Gasteiger partial charge in [0, 0.05) is 11.8 Å². The summed E-state index contributed by atoms with van der Waals surface area (Å²) in [5.74, 6) is -2.59. The molecule has 0 saturated heterocycles. The van der Waals surface area contributed by atoms with Gasteiger partial charge in [-0.3, -0.25) is 4.79 Å². The number of aromatic hydroxyl groups is 1. The molecule has 2 aromatic rings. The third-order valence-corrected chi connectivity index (χ3v) is 2.68. The van der Waals surface area contributed by atoms with E-state index in [-0.39, 0.29) is 22.0 Å². The highest BCUT2D eigenvalue weighted by Gasteiger charge is 2.13. The summed E-state index contributed by atoms with van der Waals surface area (Å²) < 4.78 is 26.1. The van der Waals surface area contributed by atoms with E-state index >= 15 is 0 Å². The fraction of sp³-hybridized carbons (Fsp3) is 0. The molecule has 0 heterocycles. The lowest BCUT2D eigenvalue weighted by atomic mass is 10.2. The molecule has 0 bridgehead atoms. The van der Waals surface area contributed by atoms with Crippen LogP contribution in [0, 0.1) is 11.6 Å². The van der Waals surface area contributed by atoms with Crippen LogP contribution in [0.4, 0.5) is 14.5 Å². The minimum atomic E-state index is -0.956. The van der Waals surface area contributed by atoms with Crippen molar-refractivity contribution < 1.29 is 18.7 Å². The number of rotatable bonds is 2. The zero-order valence-electron chi connectivity index (χ0n) is 9.45. The van der Waals surface area contributed by atoms with Gasteiger partial charge in [0.15, 0.2) is 0 Å². The number of phenolic OH excluding ortho intramolecular Hbond substituents is 1. The van der Waals surface area contributed by atoms with E-state index in [0.29, 0.717) is 6.07 Å². The lowest BCUT2D eigenvalue weighted by molar-refractivity contribution is 0.102. The normalized spacial score (nSPS) is 10.3. The molecule has 0 aliphatic rings. The predicted octanol–water partition coefficient (Wildman–Crippen LogP) is 3.58. The zero-order chi connectivity index (χ0) is 14.0. The standard InChI is InChI=1S/C13H8ClF2NO2/c14-10-6-8(2-4-12(10)18)17-13(19)9-3-1-7(15)5-11(9)16/h1-6,18H,(H,17,19). The quantitative estimate of drug-likeness (QED) is 0.828. The number of amides is 1. The molecule has 3 nitrogen and oxygen atoms in total. The maximum atomic E-state index is 13.4. The highest BCUT2D eigenvalue weighted by atomic mass is 35.5. The van der Waals surface area contributed by atoms with Crippen molar-refractivity contribution in [2.45, 2.75) is 0 Å². The van der Waals surface area contributed by atoms with E-state index in [2.05, 4.69) is 5.32 Å². The highest BCUT2D eigenvalue weighted by Crippen LogP contribution is 2.26. The predicted molar refractivity (Wildman–Crippen MR) is 67.4 cm³/mol. The first-order valence-corrected chi connectivity index (χ1v) is 5.60. The van der Waals surface area contributed by atoms with E-state index < -0.39 is 17.5 Å². The summed E-state index contributed by atoms with van der Waals surface area (Å²) in [5.41, 5.74) is 0.00197. The number of benzene rings is 2. The number of anilines is 1. The third-order valence-electron chi connectivity index (χ3n) is 2.38. The van der Waals surface area contributed by atoms with Crippen LogP contribution in [-0.2, 0) is 0 Å². The van der Waals surface area contributed by atoms with Gasteiger partial charge in [-0.1, -0.05) is 11.6 Å². The fourth-order valence-corrected chi connectivity index (χ4v) is 1.64. The minimum absolute atomic E-state index is 0.0531. The molecule has 0 atom stereocenters. The number of halogens is 3. The first-order valence-electron chi connectivity index (χ1n) is 5.22. The van der Waals surface area contributed by atoms with Crippen LogP contribution in [0.25, 0.3) is 0 Å². The Morgan fingerprint density at radius 1 is 1.16 bits per heavy atom. The van der Waals surface area contributed by atoms with Gasteiger partial charge in [0.25, 0.3) is 5.91 Å². The smallest absolute Gasteiger partial charge is 0.258 e. The Labute approximate surface area is 112 Å². The van der Waals surface area contributed by atoms with Gasteiger partial charge in [0.1, 0.15) is 17.4 Å². The maximum Gasteiger partial charge on any atom is 0.258 e. The topological polar surface area (TPSA) is 49.3 Å². The van der Waals surface area contributed by atoms with Gasteiger partial charge in [0.2, 0.25) is 0 Å². The van der Waals surface area contributed by atoms with Crippen LogP contribution in [0.3, 0.4) is 0 Å². The minimum Gasteiger partial charge on any atom is -0.506 e. The number of carbonyl (C=O) groups excluding carboxylic acids is 1. The molecule has 1 amide bonds. The Hall–Kier alpha value is -2.14. The second-order valence-electron chi connectivity index (χ2n) is 3.74. The summed E-state index contributed by atoms with van der Waals surface area (Å²) >= 11 is 5.67. The van der Waals surface area contributed by atoms with Crippen LogP contribution in [0.5, 0.6) is 5.75 Å². The van der Waals surface area contributed by atoms with Crippen molar-refractivity contribution >= 4 is 23.2 Å². The SMILES string of the molecule is O=C(Nc1ccc(O)c(Cl)c1)c1ccc(F)cc1F. The monoisotopic (exact) mass is 283 g/mol. The van der Waals surface area contributed by atoms with Crippen molar-refractivity contribution in [2.24, 2.45) is 0 Å². The number of hydrogen-bond donors (Lipinski definition) is 2. The zero-order valence-corrected chi connectivity index (χ0v) is 10.2. The Kier molecular flexibility index (Phi) is 3.66. The van der Waals surface area contributed by atoms with Crippen molar-refractivity contribution in [2.75, 3.05) is 5.32 Å². The molecule has 0 saturated carbocycles. The largest absolute Gasteiger partial charge is 0.506 e. The van der Waals surface area contributed by atoms with Gasteiger partial charge in [-0.15, -0.1) is 0 Å². The average molecular weight is 284 g/mol. The molecule has 0 unspecified atom stereocenters. The second kappa shape index (κ2) is 5.24. The fourth-order valence-electron chi connectivity index (χ4n) is 1.46. The molecule has 0 radical (unpaired) electrons. The van der Waals surface area contributed by atoms with E-state index in [9.17, 15) is 18.7 Å². The molecule has 0 spiro atoms. The number of hydrogen-bond acceptors (Lipinski definition) is 2. The van der Waals surface area contributed by atoms with Crippen molar-refractivity contribution in [3.05, 3.63) is 58.6 Å². The average Bonchev–Trinajstić information content (AvgIpc) is 2.33. The molecular formula is C13H8ClF2NO2. The number of nitrogens with one attached hydrogen (secondary N) is 1. The van der Waals surface area contributed by atoms with E-state index in [1.807, 2.05) is 0 Å². The second-order valence-corrected chi connectivity index (χ2v) is 4.15. The van der Waals surface area contributed by atoms with Crippen LogP contribution in [0.15, 0.2) is 36.4 Å². The highest BCUT2D eigenvalue weighted by molar-refractivity contribution is 6.32. The molecule has 6 heteroatoms. The molecule has 0 aliphatic carbocycles. The van der Waals surface area contributed by atoms with Crippen molar-refractivity contribution in [3.8, 4) is 5.75 Å². The lowest BCUT2D eigenvalue weighted by Crippen LogP contribution is -2.13. The number of phenols is 1. The van der Waals surface area contributed by atoms with Gasteiger partial charge in [-0.25, -0.2) is 8.78 Å². The van der Waals surface area contributed by atoms with E-state index in [1.54, 1.807) is 0 Å². The van der Waals surface area contributed by atoms with E-state index in [4.69, 9.17) is 11.6 Å². The summed E-state index contributed by atoms with van der Waals surface area (Å²) in [4.78, 5) is 11.8. The lowest BCUT2D eigenvalue weighted by Gasteiger charge is -2.07. The first kappa shape index (κ1) is 13.3. The molecule has 0 aliphatic heterocycles. The van der Waals surface area contributed by atoms with E-state index in [1.165, 1.54) is 18.2 Å². The van der Waals surface area contributed by atoms with Crippen molar-refractivity contribution in [1.82, 2.24) is 0 Å².